The molecule has 0 aliphatic rings. The second kappa shape index (κ2) is 6.85. The number of nitrogens with zero attached hydrogens (tertiary/aromatic N) is 1. The number of likely N-dealkylation sites (N-methyl/N-ethyl adjacent to an activating group) is 1. The van der Waals surface area contributed by atoms with Gasteiger partial charge in [0, 0.05) is 23.6 Å². The Morgan fingerprint density at radius 2 is 1.84 bits per heavy atom. The third-order valence-corrected chi connectivity index (χ3v) is 3.57. The molecule has 2 nitrogen and oxygen atoms in total. The van der Waals surface area contributed by atoms with E-state index in [1.807, 2.05) is 24.3 Å². The maximum atomic E-state index is 6.23. The van der Waals surface area contributed by atoms with Gasteiger partial charge in [-0.05, 0) is 30.3 Å². The largest absolute Gasteiger partial charge is 0.323 e. The summed E-state index contributed by atoms with van der Waals surface area (Å²) >= 11 is 3.50. The molecule has 0 saturated carbocycles. The Hall–Kier alpha value is -1.16. The minimum absolute atomic E-state index is 0.0540. The van der Waals surface area contributed by atoms with E-state index >= 15 is 0 Å². The van der Waals surface area contributed by atoms with Gasteiger partial charge in [0.05, 0.1) is 0 Å². The molecule has 1 atom stereocenters. The van der Waals surface area contributed by atoms with Gasteiger partial charge >= 0.3 is 0 Å². The standard InChI is InChI=1S/C16H19BrN2/c1-19(11-13-6-5-9-15(17)10-13)12-16(18)14-7-3-2-4-8-14/h2-10,16H,11-12,18H2,1H3. The zero-order chi connectivity index (χ0) is 13.7. The Balaban J connectivity index is 1.92. The SMILES string of the molecule is CN(Cc1cccc(Br)c1)CC(N)c1ccccc1. The molecule has 0 fully saturated rings. The second-order valence-corrected chi connectivity index (χ2v) is 5.76. The molecule has 0 aliphatic carbocycles. The molecule has 0 aromatic heterocycles. The van der Waals surface area contributed by atoms with Crippen LogP contribution in [0.25, 0.3) is 0 Å². The monoisotopic (exact) mass is 318 g/mol. The van der Waals surface area contributed by atoms with E-state index in [2.05, 4.69) is 58.2 Å². The summed E-state index contributed by atoms with van der Waals surface area (Å²) in [6, 6.07) is 18.7. The van der Waals surface area contributed by atoms with Crippen LogP contribution >= 0.6 is 15.9 Å². The summed E-state index contributed by atoms with van der Waals surface area (Å²) in [4.78, 5) is 2.25. The van der Waals surface area contributed by atoms with E-state index in [4.69, 9.17) is 5.73 Å². The first-order valence-electron chi connectivity index (χ1n) is 6.38. The summed E-state index contributed by atoms with van der Waals surface area (Å²) < 4.78 is 1.12. The van der Waals surface area contributed by atoms with Gasteiger partial charge in [0.2, 0.25) is 0 Å². The molecule has 1 unspecified atom stereocenters. The highest BCUT2D eigenvalue weighted by Gasteiger charge is 2.09. The predicted octanol–water partition coefficient (Wildman–Crippen LogP) is 3.58. The van der Waals surface area contributed by atoms with Crippen LogP contribution < -0.4 is 5.73 Å². The molecule has 2 rings (SSSR count). The van der Waals surface area contributed by atoms with E-state index in [0.717, 1.165) is 17.6 Å². The third kappa shape index (κ3) is 4.46. The topological polar surface area (TPSA) is 29.3 Å². The van der Waals surface area contributed by atoms with Gasteiger partial charge in [-0.1, -0.05) is 58.4 Å². The first kappa shape index (κ1) is 14.3. The first-order chi connectivity index (χ1) is 9.15. The summed E-state index contributed by atoms with van der Waals surface area (Å²) in [5.74, 6) is 0. The Kier molecular flexibility index (Phi) is 5.14. The number of benzene rings is 2. The van der Waals surface area contributed by atoms with E-state index in [9.17, 15) is 0 Å². The summed E-state index contributed by atoms with van der Waals surface area (Å²) in [5.41, 5.74) is 8.70. The first-order valence-corrected chi connectivity index (χ1v) is 7.18. The van der Waals surface area contributed by atoms with E-state index in [-0.39, 0.29) is 6.04 Å². The molecule has 0 aliphatic heterocycles. The lowest BCUT2D eigenvalue weighted by Crippen LogP contribution is -2.28. The van der Waals surface area contributed by atoms with E-state index in [0.29, 0.717) is 0 Å². The number of hydrogen-bond donors (Lipinski definition) is 1. The highest BCUT2D eigenvalue weighted by molar-refractivity contribution is 9.10. The van der Waals surface area contributed by atoms with Gasteiger partial charge in [0.15, 0.2) is 0 Å². The van der Waals surface area contributed by atoms with Crippen molar-refractivity contribution in [3.63, 3.8) is 0 Å². The number of rotatable bonds is 5. The van der Waals surface area contributed by atoms with Crippen LogP contribution in [0.3, 0.4) is 0 Å². The fourth-order valence-electron chi connectivity index (χ4n) is 2.15. The molecule has 2 aromatic carbocycles. The quantitative estimate of drug-likeness (QED) is 0.913. The lowest BCUT2D eigenvalue weighted by Gasteiger charge is -2.21. The van der Waals surface area contributed by atoms with Crippen LogP contribution in [0.5, 0.6) is 0 Å². The molecule has 19 heavy (non-hydrogen) atoms. The van der Waals surface area contributed by atoms with Gasteiger partial charge in [-0.25, -0.2) is 0 Å². The van der Waals surface area contributed by atoms with Gasteiger partial charge in [-0.2, -0.15) is 0 Å². The number of hydrogen-bond acceptors (Lipinski definition) is 2. The molecule has 2 N–H and O–H groups in total. The van der Waals surface area contributed by atoms with Crippen molar-refractivity contribution in [3.8, 4) is 0 Å². The lowest BCUT2D eigenvalue weighted by atomic mass is 10.1. The fourth-order valence-corrected chi connectivity index (χ4v) is 2.60. The minimum Gasteiger partial charge on any atom is -0.323 e. The highest BCUT2D eigenvalue weighted by atomic mass is 79.9. The normalized spacial score (nSPS) is 12.6. The van der Waals surface area contributed by atoms with E-state index < -0.39 is 0 Å². The van der Waals surface area contributed by atoms with Gasteiger partial charge in [-0.15, -0.1) is 0 Å². The Morgan fingerprint density at radius 1 is 1.11 bits per heavy atom. The van der Waals surface area contributed by atoms with Crippen LogP contribution in [0.2, 0.25) is 0 Å². The van der Waals surface area contributed by atoms with Crippen molar-refractivity contribution in [2.24, 2.45) is 5.73 Å². The van der Waals surface area contributed by atoms with Crippen molar-refractivity contribution in [3.05, 3.63) is 70.2 Å². The third-order valence-electron chi connectivity index (χ3n) is 3.08. The second-order valence-electron chi connectivity index (χ2n) is 4.84. The van der Waals surface area contributed by atoms with Gasteiger partial charge < -0.3 is 10.6 Å². The Morgan fingerprint density at radius 3 is 2.53 bits per heavy atom. The summed E-state index contributed by atoms with van der Waals surface area (Å²) in [6.45, 7) is 1.75. The lowest BCUT2D eigenvalue weighted by molar-refractivity contribution is 0.305. The summed E-state index contributed by atoms with van der Waals surface area (Å²) in [6.07, 6.45) is 0. The molecular weight excluding hydrogens is 300 g/mol. The Bertz CT molecular complexity index is 513. The van der Waals surface area contributed by atoms with Crippen molar-refractivity contribution in [2.75, 3.05) is 13.6 Å². The molecule has 0 amide bonds. The number of nitrogens with two attached hydrogens (primary N) is 1. The van der Waals surface area contributed by atoms with Crippen LogP contribution in [-0.2, 0) is 6.54 Å². The molecule has 0 radical (unpaired) electrons. The van der Waals surface area contributed by atoms with Crippen molar-refractivity contribution in [1.29, 1.82) is 0 Å². The molecule has 0 saturated heterocycles. The van der Waals surface area contributed by atoms with Crippen LogP contribution in [0.4, 0.5) is 0 Å². The predicted molar refractivity (Wildman–Crippen MR) is 83.8 cm³/mol. The van der Waals surface area contributed by atoms with Gasteiger partial charge in [0.25, 0.3) is 0 Å². The van der Waals surface area contributed by atoms with Gasteiger partial charge in [-0.3, -0.25) is 0 Å². The van der Waals surface area contributed by atoms with Crippen LogP contribution in [-0.4, -0.2) is 18.5 Å². The summed E-state index contributed by atoms with van der Waals surface area (Å²) in [5, 5.41) is 0. The van der Waals surface area contributed by atoms with Crippen molar-refractivity contribution in [1.82, 2.24) is 4.90 Å². The van der Waals surface area contributed by atoms with Crippen molar-refractivity contribution in [2.45, 2.75) is 12.6 Å². The van der Waals surface area contributed by atoms with E-state index in [1.165, 1.54) is 11.1 Å². The van der Waals surface area contributed by atoms with Crippen molar-refractivity contribution >= 4 is 15.9 Å². The maximum absolute atomic E-state index is 6.23. The van der Waals surface area contributed by atoms with Gasteiger partial charge in [0.1, 0.15) is 0 Å². The molecular formula is C16H19BrN2. The zero-order valence-corrected chi connectivity index (χ0v) is 12.7. The molecule has 2 aromatic rings. The van der Waals surface area contributed by atoms with Crippen LogP contribution in [0, 0.1) is 0 Å². The fraction of sp³-hybridized carbons (Fsp3) is 0.250. The molecule has 100 valence electrons. The van der Waals surface area contributed by atoms with E-state index in [1.54, 1.807) is 0 Å². The highest BCUT2D eigenvalue weighted by Crippen LogP contribution is 2.15. The molecule has 0 spiro atoms. The maximum Gasteiger partial charge on any atom is 0.0424 e. The molecule has 0 heterocycles. The number of halogens is 1. The zero-order valence-electron chi connectivity index (χ0n) is 11.1. The smallest absolute Gasteiger partial charge is 0.0424 e. The average molecular weight is 319 g/mol. The summed E-state index contributed by atoms with van der Waals surface area (Å²) in [7, 11) is 2.10. The molecule has 0 bridgehead atoms. The molecule has 3 heteroatoms. The minimum atomic E-state index is 0.0540. The van der Waals surface area contributed by atoms with Crippen molar-refractivity contribution < 1.29 is 0 Å². The van der Waals surface area contributed by atoms with Crippen LogP contribution in [0.1, 0.15) is 17.2 Å². The Labute approximate surface area is 123 Å². The van der Waals surface area contributed by atoms with Crippen LogP contribution in [0.15, 0.2) is 59.1 Å². The average Bonchev–Trinajstić information content (AvgIpc) is 2.39.